The molecule has 0 fully saturated rings. The summed E-state index contributed by atoms with van der Waals surface area (Å²) in [5.41, 5.74) is 2.63. The van der Waals surface area contributed by atoms with Gasteiger partial charge in [0.25, 0.3) is 0 Å². The largest absolute Gasteiger partial charge is 0.447 e. The van der Waals surface area contributed by atoms with E-state index in [-0.39, 0.29) is 12.3 Å². The Morgan fingerprint density at radius 1 is 1.27 bits per heavy atom. The fraction of sp³-hybridized carbons (Fsp3) is 0.217. The van der Waals surface area contributed by atoms with Crippen LogP contribution < -0.4 is 15.4 Å². The SMILES string of the molecule is OC(Nc1cn(Cc2ncco2)nc1-c1cc2c(cc1OC(F)F)NCCS2)c1cnn2cccnc12. The van der Waals surface area contributed by atoms with Gasteiger partial charge < -0.3 is 24.9 Å². The first-order valence-electron chi connectivity index (χ1n) is 11.2. The van der Waals surface area contributed by atoms with Crippen LogP contribution in [0.4, 0.5) is 20.2 Å². The Balaban J connectivity index is 1.43. The zero-order valence-electron chi connectivity index (χ0n) is 19.1. The topological polar surface area (TPSA) is 128 Å². The van der Waals surface area contributed by atoms with Crippen LogP contribution in [-0.2, 0) is 6.54 Å². The van der Waals surface area contributed by atoms with E-state index in [9.17, 15) is 13.9 Å². The van der Waals surface area contributed by atoms with Crippen LogP contribution in [0.3, 0.4) is 0 Å². The van der Waals surface area contributed by atoms with Crippen molar-refractivity contribution in [1.29, 1.82) is 0 Å². The normalized spacial score (nSPS) is 13.9. The van der Waals surface area contributed by atoms with Gasteiger partial charge in [0.15, 0.2) is 11.9 Å². The van der Waals surface area contributed by atoms with Crippen LogP contribution >= 0.6 is 11.8 Å². The number of thioether (sulfide) groups is 1. The first-order chi connectivity index (χ1) is 18.0. The summed E-state index contributed by atoms with van der Waals surface area (Å²) in [4.78, 5) is 9.28. The molecule has 6 rings (SSSR count). The molecule has 190 valence electrons. The lowest BCUT2D eigenvalue weighted by Gasteiger charge is -2.21. The highest BCUT2D eigenvalue weighted by Crippen LogP contribution is 2.43. The van der Waals surface area contributed by atoms with Gasteiger partial charge in [-0.1, -0.05) is 0 Å². The highest BCUT2D eigenvalue weighted by Gasteiger charge is 2.24. The summed E-state index contributed by atoms with van der Waals surface area (Å²) in [6.07, 6.45) is 8.19. The average molecular weight is 527 g/mol. The average Bonchev–Trinajstić information content (AvgIpc) is 3.64. The molecule has 5 aromatic rings. The number of nitrogens with zero attached hydrogens (tertiary/aromatic N) is 6. The maximum absolute atomic E-state index is 13.4. The third-order valence-electron chi connectivity index (χ3n) is 5.66. The van der Waals surface area contributed by atoms with E-state index in [4.69, 9.17) is 9.15 Å². The summed E-state index contributed by atoms with van der Waals surface area (Å²) in [6.45, 7) is -2.14. The zero-order chi connectivity index (χ0) is 25.4. The van der Waals surface area contributed by atoms with Crippen molar-refractivity contribution in [2.24, 2.45) is 0 Å². The lowest BCUT2D eigenvalue weighted by atomic mass is 10.1. The van der Waals surface area contributed by atoms with E-state index in [0.29, 0.717) is 46.3 Å². The third kappa shape index (κ3) is 4.68. The van der Waals surface area contributed by atoms with Crippen molar-refractivity contribution in [3.8, 4) is 17.0 Å². The van der Waals surface area contributed by atoms with Crippen molar-refractivity contribution in [1.82, 2.24) is 29.4 Å². The molecule has 37 heavy (non-hydrogen) atoms. The van der Waals surface area contributed by atoms with Gasteiger partial charge in [0.2, 0.25) is 5.89 Å². The predicted octanol–water partition coefficient (Wildman–Crippen LogP) is 3.85. The Hall–Kier alpha value is -4.17. The first kappa shape index (κ1) is 23.2. The van der Waals surface area contributed by atoms with Crippen molar-refractivity contribution in [3.05, 3.63) is 66.9 Å². The van der Waals surface area contributed by atoms with Gasteiger partial charge in [0.05, 0.1) is 29.3 Å². The number of halogens is 2. The van der Waals surface area contributed by atoms with Gasteiger partial charge in [-0.15, -0.1) is 11.8 Å². The van der Waals surface area contributed by atoms with Gasteiger partial charge in [-0.2, -0.15) is 19.0 Å². The van der Waals surface area contributed by atoms with E-state index >= 15 is 0 Å². The van der Waals surface area contributed by atoms with Crippen molar-refractivity contribution in [2.45, 2.75) is 24.3 Å². The number of aliphatic hydroxyl groups excluding tert-OH is 1. The third-order valence-corrected chi connectivity index (χ3v) is 6.72. The molecule has 0 aliphatic carbocycles. The van der Waals surface area contributed by atoms with Gasteiger partial charge in [-0.3, -0.25) is 4.68 Å². The number of ether oxygens (including phenoxy) is 1. The number of alkyl halides is 2. The van der Waals surface area contributed by atoms with E-state index in [0.717, 1.165) is 10.6 Å². The number of rotatable bonds is 8. The molecule has 11 nitrogen and oxygen atoms in total. The molecule has 4 aromatic heterocycles. The fourth-order valence-corrected chi connectivity index (χ4v) is 4.99. The standard InChI is InChI=1S/C23H20F2N8O3S/c24-23(25)36-17-9-15-18(37-7-4-26-15)8-13(17)20-16(11-32(31-20)12-19-27-3-6-35-19)30-22(34)14-10-29-33-5-1-2-28-21(14)33/h1-3,5-6,8-11,22-23,26,30,34H,4,7,12H2. The van der Waals surface area contributed by atoms with Gasteiger partial charge in [0, 0.05) is 47.4 Å². The van der Waals surface area contributed by atoms with Crippen LogP contribution in [0.25, 0.3) is 16.9 Å². The number of hydrogen-bond donors (Lipinski definition) is 3. The van der Waals surface area contributed by atoms with Crippen molar-refractivity contribution < 1.29 is 23.0 Å². The maximum atomic E-state index is 13.4. The molecule has 1 aromatic carbocycles. The molecule has 0 bridgehead atoms. The van der Waals surface area contributed by atoms with Gasteiger partial charge in [-0.05, 0) is 12.1 Å². The number of fused-ring (bicyclic) bond motifs is 2. The number of benzene rings is 1. The van der Waals surface area contributed by atoms with Crippen LogP contribution in [0, 0.1) is 0 Å². The molecule has 14 heteroatoms. The molecule has 1 aliphatic rings. The Kier molecular flexibility index (Phi) is 6.10. The minimum Gasteiger partial charge on any atom is -0.447 e. The second-order valence-corrected chi connectivity index (χ2v) is 9.18. The molecule has 5 heterocycles. The van der Waals surface area contributed by atoms with Gasteiger partial charge in [-0.25, -0.2) is 14.5 Å². The van der Waals surface area contributed by atoms with Crippen molar-refractivity contribution in [3.63, 3.8) is 0 Å². The van der Waals surface area contributed by atoms with E-state index in [2.05, 4.69) is 30.8 Å². The highest BCUT2D eigenvalue weighted by molar-refractivity contribution is 7.99. The molecular weight excluding hydrogens is 506 g/mol. The molecule has 0 saturated heterocycles. The lowest BCUT2D eigenvalue weighted by Crippen LogP contribution is -2.12. The Labute approximate surface area is 212 Å². The lowest BCUT2D eigenvalue weighted by molar-refractivity contribution is -0.0494. The first-order valence-corrected chi connectivity index (χ1v) is 12.2. The predicted molar refractivity (Wildman–Crippen MR) is 131 cm³/mol. The molecule has 1 unspecified atom stereocenters. The number of aliphatic hydroxyl groups is 1. The second kappa shape index (κ2) is 9.71. The minimum absolute atomic E-state index is 0.0414. The number of oxazole rings is 1. The molecule has 0 saturated carbocycles. The Bertz CT molecular complexity index is 1540. The number of aromatic nitrogens is 6. The van der Waals surface area contributed by atoms with Gasteiger partial charge >= 0.3 is 6.61 Å². The fourth-order valence-electron chi connectivity index (χ4n) is 4.08. The molecule has 0 radical (unpaired) electrons. The zero-order valence-corrected chi connectivity index (χ0v) is 19.9. The Morgan fingerprint density at radius 2 is 2.19 bits per heavy atom. The van der Waals surface area contributed by atoms with Crippen molar-refractivity contribution in [2.75, 3.05) is 22.9 Å². The summed E-state index contributed by atoms with van der Waals surface area (Å²) in [7, 11) is 0. The van der Waals surface area contributed by atoms with E-state index in [1.807, 2.05) is 0 Å². The van der Waals surface area contributed by atoms with Crippen LogP contribution in [0.1, 0.15) is 17.7 Å². The van der Waals surface area contributed by atoms with Crippen LogP contribution in [0.15, 0.2) is 64.8 Å². The quantitative estimate of drug-likeness (QED) is 0.257. The van der Waals surface area contributed by atoms with Crippen molar-refractivity contribution >= 4 is 28.8 Å². The molecular formula is C23H20F2N8O3S. The van der Waals surface area contributed by atoms with Crippen LogP contribution in [-0.4, -0.2) is 53.4 Å². The molecule has 1 aliphatic heterocycles. The molecule has 3 N–H and O–H groups in total. The van der Waals surface area contributed by atoms with Crippen LogP contribution in [0.5, 0.6) is 5.75 Å². The van der Waals surface area contributed by atoms with E-state index < -0.39 is 12.8 Å². The molecule has 1 atom stereocenters. The highest BCUT2D eigenvalue weighted by atomic mass is 32.2. The number of anilines is 2. The van der Waals surface area contributed by atoms with Crippen LogP contribution in [0.2, 0.25) is 0 Å². The summed E-state index contributed by atoms with van der Waals surface area (Å²) < 4.78 is 40.1. The minimum atomic E-state index is -3.03. The summed E-state index contributed by atoms with van der Waals surface area (Å²) in [5, 5.41) is 26.1. The Morgan fingerprint density at radius 3 is 3.03 bits per heavy atom. The maximum Gasteiger partial charge on any atom is 0.387 e. The monoisotopic (exact) mass is 526 g/mol. The summed E-state index contributed by atoms with van der Waals surface area (Å²) >= 11 is 1.60. The summed E-state index contributed by atoms with van der Waals surface area (Å²) in [5.74, 6) is 1.19. The number of nitrogens with one attached hydrogen (secondary N) is 2. The van der Waals surface area contributed by atoms with Gasteiger partial charge in [0.1, 0.15) is 24.3 Å². The molecule has 0 amide bonds. The number of hydrogen-bond acceptors (Lipinski definition) is 10. The summed E-state index contributed by atoms with van der Waals surface area (Å²) in [6, 6.07) is 5.03. The van der Waals surface area contributed by atoms with E-state index in [1.165, 1.54) is 23.2 Å². The van der Waals surface area contributed by atoms with E-state index in [1.54, 1.807) is 53.2 Å². The second-order valence-electron chi connectivity index (χ2n) is 8.05. The smallest absolute Gasteiger partial charge is 0.387 e. The molecule has 0 spiro atoms.